The fraction of sp³-hybridized carbons (Fsp3) is 0.391. The lowest BCUT2D eigenvalue weighted by Crippen LogP contribution is -2.34. The lowest BCUT2D eigenvalue weighted by molar-refractivity contribution is 0.0526. The van der Waals surface area contributed by atoms with E-state index in [1.807, 2.05) is 0 Å². The summed E-state index contributed by atoms with van der Waals surface area (Å²) in [6.45, 7) is 7.26. The quantitative estimate of drug-likeness (QED) is 0.468. The van der Waals surface area contributed by atoms with Gasteiger partial charge in [0.2, 0.25) is 0 Å². The molecule has 7 heteroatoms. The van der Waals surface area contributed by atoms with Crippen molar-refractivity contribution in [3.05, 3.63) is 58.6 Å². The van der Waals surface area contributed by atoms with Crippen LogP contribution in [0, 0.1) is 5.92 Å². The monoisotopic (exact) mass is 445 g/mol. The summed E-state index contributed by atoms with van der Waals surface area (Å²) in [5.74, 6) is 0.320. The van der Waals surface area contributed by atoms with E-state index in [1.54, 1.807) is 25.1 Å². The van der Waals surface area contributed by atoms with Gasteiger partial charge in [0.25, 0.3) is 0 Å². The highest BCUT2D eigenvalue weighted by Gasteiger charge is 2.16. The average molecular weight is 446 g/mol. The van der Waals surface area contributed by atoms with Gasteiger partial charge in [0, 0.05) is 31.0 Å². The Labute approximate surface area is 188 Å². The van der Waals surface area contributed by atoms with Crippen LogP contribution < -0.4 is 15.5 Å². The highest BCUT2D eigenvalue weighted by molar-refractivity contribution is 7.80. The zero-order valence-corrected chi connectivity index (χ0v) is 19.0. The fourth-order valence-electron chi connectivity index (χ4n) is 3.57. The molecule has 1 aliphatic rings. The molecule has 0 bridgehead atoms. The van der Waals surface area contributed by atoms with E-state index in [-0.39, 0.29) is 0 Å². The number of carbonyl (C=O) groups excluding carboxylic acids is 1. The number of rotatable bonds is 6. The van der Waals surface area contributed by atoms with Crippen LogP contribution in [-0.2, 0) is 11.3 Å². The van der Waals surface area contributed by atoms with Crippen LogP contribution in [0.4, 0.5) is 11.4 Å². The molecule has 0 radical (unpaired) electrons. The van der Waals surface area contributed by atoms with Crippen LogP contribution in [0.15, 0.2) is 42.5 Å². The van der Waals surface area contributed by atoms with Crippen LogP contribution in [0.5, 0.6) is 0 Å². The second-order valence-electron chi connectivity index (χ2n) is 7.58. The Balaban J connectivity index is 1.51. The Morgan fingerprint density at radius 1 is 1.27 bits per heavy atom. The summed E-state index contributed by atoms with van der Waals surface area (Å²) in [7, 11) is 0. The van der Waals surface area contributed by atoms with Gasteiger partial charge < -0.3 is 20.3 Å². The number of nitrogens with one attached hydrogen (secondary N) is 2. The van der Waals surface area contributed by atoms with E-state index < -0.39 is 5.97 Å². The summed E-state index contributed by atoms with van der Waals surface area (Å²) in [4.78, 5) is 14.3. The molecule has 0 amide bonds. The van der Waals surface area contributed by atoms with Crippen LogP contribution in [0.1, 0.15) is 42.6 Å². The third kappa shape index (κ3) is 6.09. The second-order valence-corrected chi connectivity index (χ2v) is 8.40. The van der Waals surface area contributed by atoms with Gasteiger partial charge in [-0.2, -0.15) is 0 Å². The largest absolute Gasteiger partial charge is 0.462 e. The van der Waals surface area contributed by atoms with Crippen molar-refractivity contribution in [3.63, 3.8) is 0 Å². The minimum atomic E-state index is -0.433. The number of ether oxygens (including phenoxy) is 1. The van der Waals surface area contributed by atoms with Gasteiger partial charge in [-0.05, 0) is 73.8 Å². The Kier molecular flexibility index (Phi) is 7.94. The van der Waals surface area contributed by atoms with E-state index in [2.05, 4.69) is 46.7 Å². The zero-order chi connectivity index (χ0) is 21.5. The number of piperidine rings is 1. The predicted octanol–water partition coefficient (Wildman–Crippen LogP) is 5.24. The van der Waals surface area contributed by atoms with E-state index in [9.17, 15) is 4.79 Å². The van der Waals surface area contributed by atoms with Crippen LogP contribution >= 0.6 is 23.8 Å². The first-order valence-electron chi connectivity index (χ1n) is 10.3. The van der Waals surface area contributed by atoms with E-state index in [0.717, 1.165) is 24.6 Å². The number of hydrogen-bond acceptors (Lipinski definition) is 4. The molecule has 30 heavy (non-hydrogen) atoms. The van der Waals surface area contributed by atoms with Gasteiger partial charge >= 0.3 is 5.97 Å². The standard InChI is InChI=1S/C23H28ClN3O2S/c1-3-29-22(28)20-11-8-18(13-21(20)24)26-23(30)25-14-17-6-9-19(10-7-17)27-12-4-5-16(2)15-27/h6-11,13,16H,3-5,12,14-15H2,1-2H3,(H2,25,26,30)/t16-/m1/s1. The fourth-order valence-corrected chi connectivity index (χ4v) is 4.02. The molecule has 1 aliphatic heterocycles. The summed E-state index contributed by atoms with van der Waals surface area (Å²) < 4.78 is 4.98. The number of halogens is 1. The van der Waals surface area contributed by atoms with Crippen molar-refractivity contribution in [2.24, 2.45) is 5.92 Å². The number of benzene rings is 2. The molecular formula is C23H28ClN3O2S. The molecular weight excluding hydrogens is 418 g/mol. The average Bonchev–Trinajstić information content (AvgIpc) is 2.73. The maximum Gasteiger partial charge on any atom is 0.339 e. The van der Waals surface area contributed by atoms with Crippen molar-refractivity contribution in [1.29, 1.82) is 0 Å². The third-order valence-electron chi connectivity index (χ3n) is 5.13. The Morgan fingerprint density at radius 2 is 2.03 bits per heavy atom. The molecule has 1 saturated heterocycles. The third-order valence-corrected chi connectivity index (χ3v) is 5.69. The molecule has 2 aromatic carbocycles. The highest BCUT2D eigenvalue weighted by Crippen LogP contribution is 2.24. The summed E-state index contributed by atoms with van der Waals surface area (Å²) >= 11 is 11.6. The maximum absolute atomic E-state index is 11.8. The van der Waals surface area contributed by atoms with Crippen molar-refractivity contribution < 1.29 is 9.53 Å². The minimum absolute atomic E-state index is 0.307. The number of anilines is 2. The first-order valence-corrected chi connectivity index (χ1v) is 11.1. The molecule has 5 nitrogen and oxygen atoms in total. The Morgan fingerprint density at radius 3 is 2.70 bits per heavy atom. The first-order chi connectivity index (χ1) is 14.5. The molecule has 160 valence electrons. The molecule has 2 aromatic rings. The molecule has 0 aromatic heterocycles. The summed E-state index contributed by atoms with van der Waals surface area (Å²) in [6.07, 6.45) is 2.58. The minimum Gasteiger partial charge on any atom is -0.462 e. The van der Waals surface area contributed by atoms with Crippen LogP contribution in [0.25, 0.3) is 0 Å². The first kappa shape index (κ1) is 22.4. The van der Waals surface area contributed by atoms with Gasteiger partial charge in [-0.1, -0.05) is 30.7 Å². The van der Waals surface area contributed by atoms with E-state index in [1.165, 1.54) is 18.5 Å². The molecule has 0 unspecified atom stereocenters. The molecule has 0 aliphatic carbocycles. The van der Waals surface area contributed by atoms with Crippen molar-refractivity contribution in [2.75, 3.05) is 29.9 Å². The van der Waals surface area contributed by atoms with Crippen molar-refractivity contribution >= 4 is 46.3 Å². The SMILES string of the molecule is CCOC(=O)c1ccc(NC(=S)NCc2ccc(N3CCC[C@@H](C)C3)cc2)cc1Cl. The van der Waals surface area contributed by atoms with Gasteiger partial charge in [-0.3, -0.25) is 0 Å². The predicted molar refractivity (Wildman–Crippen MR) is 128 cm³/mol. The normalized spacial score (nSPS) is 16.1. The van der Waals surface area contributed by atoms with Gasteiger partial charge in [0.15, 0.2) is 5.11 Å². The smallest absolute Gasteiger partial charge is 0.339 e. The maximum atomic E-state index is 11.8. The van der Waals surface area contributed by atoms with Crippen molar-refractivity contribution in [2.45, 2.75) is 33.2 Å². The zero-order valence-electron chi connectivity index (χ0n) is 17.4. The summed E-state index contributed by atoms with van der Waals surface area (Å²) in [5, 5.41) is 7.11. The number of carbonyl (C=O) groups is 1. The highest BCUT2D eigenvalue weighted by atomic mass is 35.5. The van der Waals surface area contributed by atoms with Gasteiger partial charge in [0.1, 0.15) is 0 Å². The molecule has 1 heterocycles. The van der Waals surface area contributed by atoms with Gasteiger partial charge in [0.05, 0.1) is 17.2 Å². The number of thiocarbonyl (C=S) groups is 1. The van der Waals surface area contributed by atoms with E-state index in [0.29, 0.717) is 34.5 Å². The molecule has 3 rings (SSSR count). The summed E-state index contributed by atoms with van der Waals surface area (Å²) in [6, 6.07) is 13.7. The van der Waals surface area contributed by atoms with E-state index in [4.69, 9.17) is 28.6 Å². The Hall–Kier alpha value is -2.31. The second kappa shape index (κ2) is 10.6. The molecule has 0 spiro atoms. The van der Waals surface area contributed by atoms with Gasteiger partial charge in [-0.25, -0.2) is 4.79 Å². The molecule has 1 atom stereocenters. The van der Waals surface area contributed by atoms with Crippen molar-refractivity contribution in [3.8, 4) is 0 Å². The van der Waals surface area contributed by atoms with Crippen LogP contribution in [0.3, 0.4) is 0 Å². The van der Waals surface area contributed by atoms with Crippen LogP contribution in [0.2, 0.25) is 5.02 Å². The Bertz CT molecular complexity index is 889. The number of esters is 1. The number of hydrogen-bond donors (Lipinski definition) is 2. The molecule has 0 saturated carbocycles. The van der Waals surface area contributed by atoms with Crippen LogP contribution in [-0.4, -0.2) is 30.8 Å². The molecule has 1 fully saturated rings. The van der Waals surface area contributed by atoms with E-state index >= 15 is 0 Å². The lowest BCUT2D eigenvalue weighted by atomic mass is 9.99. The molecule has 2 N–H and O–H groups in total. The van der Waals surface area contributed by atoms with Crippen molar-refractivity contribution in [1.82, 2.24) is 5.32 Å². The topological polar surface area (TPSA) is 53.6 Å². The number of nitrogens with zero attached hydrogens (tertiary/aromatic N) is 1. The van der Waals surface area contributed by atoms with Gasteiger partial charge in [-0.15, -0.1) is 0 Å². The lowest BCUT2D eigenvalue weighted by Gasteiger charge is -2.32. The summed E-state index contributed by atoms with van der Waals surface area (Å²) in [5.41, 5.74) is 3.48.